The summed E-state index contributed by atoms with van der Waals surface area (Å²) in [5.74, 6) is 0.167. The van der Waals surface area contributed by atoms with Gasteiger partial charge in [-0.3, -0.25) is 4.79 Å². The van der Waals surface area contributed by atoms with Gasteiger partial charge in [-0.15, -0.1) is 0 Å². The zero-order valence-electron chi connectivity index (χ0n) is 4.46. The van der Waals surface area contributed by atoms with Crippen LogP contribution in [0.3, 0.4) is 0 Å². The van der Waals surface area contributed by atoms with Crippen LogP contribution in [0.5, 0.6) is 0 Å². The number of thiocarbonyl (C=S) groups is 1. The van der Waals surface area contributed by atoms with Crippen molar-refractivity contribution in [2.45, 2.75) is 12.8 Å². The van der Waals surface area contributed by atoms with E-state index in [1.807, 2.05) is 0 Å². The second-order valence-corrected chi connectivity index (χ2v) is 2.01. The Labute approximate surface area is 53.5 Å². The average molecular weight is 129 g/mol. The molecule has 2 nitrogen and oxygen atoms in total. The number of likely N-dealkylation sites (tertiary alicyclic amines) is 1. The fraction of sp³-hybridized carbons (Fsp3) is 0.600. The Kier molecular flexibility index (Phi) is 1.58. The van der Waals surface area contributed by atoms with E-state index >= 15 is 0 Å². The lowest BCUT2D eigenvalue weighted by Gasteiger charge is -2.03. The van der Waals surface area contributed by atoms with Gasteiger partial charge in [-0.1, -0.05) is 12.2 Å². The van der Waals surface area contributed by atoms with Gasteiger partial charge in [-0.05, 0) is 6.42 Å². The summed E-state index contributed by atoms with van der Waals surface area (Å²) in [5.41, 5.74) is 1.43. The largest absolute Gasteiger partial charge is 0.309 e. The van der Waals surface area contributed by atoms with E-state index in [2.05, 4.69) is 12.2 Å². The Morgan fingerprint density at radius 2 is 2.50 bits per heavy atom. The number of amides is 1. The number of hydrogen-bond acceptors (Lipinski definition) is 2. The highest BCUT2D eigenvalue weighted by Gasteiger charge is 2.16. The summed E-state index contributed by atoms with van der Waals surface area (Å²) in [5, 5.41) is 0. The zero-order chi connectivity index (χ0) is 5.98. The van der Waals surface area contributed by atoms with Crippen molar-refractivity contribution < 1.29 is 4.79 Å². The summed E-state index contributed by atoms with van der Waals surface area (Å²) in [6, 6.07) is 0. The maximum atomic E-state index is 10.6. The number of nitrogens with zero attached hydrogens (tertiary/aromatic N) is 1. The van der Waals surface area contributed by atoms with E-state index in [0.717, 1.165) is 13.0 Å². The second kappa shape index (κ2) is 2.22. The third-order valence-electron chi connectivity index (χ3n) is 1.24. The highest BCUT2D eigenvalue weighted by Crippen LogP contribution is 2.05. The molecule has 0 saturated carbocycles. The standard InChI is InChI=1S/C5H7NOS/c7-5-2-1-3-6(5)4-8/h4H,1-3H2. The first-order valence-corrected chi connectivity index (χ1v) is 3.06. The smallest absolute Gasteiger partial charge is 0.227 e. The lowest BCUT2D eigenvalue weighted by atomic mass is 10.4. The molecule has 1 saturated heterocycles. The molecular formula is C5H7NOS. The molecule has 0 bridgehead atoms. The lowest BCUT2D eigenvalue weighted by molar-refractivity contribution is -0.124. The van der Waals surface area contributed by atoms with Crippen LogP contribution in [-0.4, -0.2) is 22.8 Å². The SMILES string of the molecule is O=C1CCCN1C=S. The highest BCUT2D eigenvalue weighted by atomic mass is 32.1. The molecule has 0 spiro atoms. The van der Waals surface area contributed by atoms with Crippen LogP contribution >= 0.6 is 12.2 Å². The number of carbonyl (C=O) groups is 1. The van der Waals surface area contributed by atoms with Gasteiger partial charge in [-0.2, -0.15) is 0 Å². The summed E-state index contributed by atoms with van der Waals surface area (Å²) in [6.45, 7) is 0.822. The fourth-order valence-electron chi connectivity index (χ4n) is 0.780. The predicted octanol–water partition coefficient (Wildman–Crippen LogP) is 0.566. The van der Waals surface area contributed by atoms with Crippen molar-refractivity contribution in [2.24, 2.45) is 0 Å². The minimum Gasteiger partial charge on any atom is -0.309 e. The summed E-state index contributed by atoms with van der Waals surface area (Å²) in [6.07, 6.45) is 1.64. The monoisotopic (exact) mass is 129 g/mol. The molecule has 0 aromatic rings. The molecule has 0 aromatic heterocycles. The first-order chi connectivity index (χ1) is 3.84. The third-order valence-corrected chi connectivity index (χ3v) is 1.49. The van der Waals surface area contributed by atoms with Crippen molar-refractivity contribution >= 4 is 23.6 Å². The molecule has 1 rings (SSSR count). The molecule has 0 atom stereocenters. The van der Waals surface area contributed by atoms with Crippen LogP contribution in [0, 0.1) is 0 Å². The minimum absolute atomic E-state index is 0.167. The van der Waals surface area contributed by atoms with Crippen LogP contribution in [0.25, 0.3) is 0 Å². The van der Waals surface area contributed by atoms with Gasteiger partial charge in [0.2, 0.25) is 5.91 Å². The van der Waals surface area contributed by atoms with Gasteiger partial charge in [0, 0.05) is 13.0 Å². The molecule has 3 heteroatoms. The van der Waals surface area contributed by atoms with Crippen molar-refractivity contribution in [1.29, 1.82) is 0 Å². The molecule has 1 fully saturated rings. The van der Waals surface area contributed by atoms with E-state index in [4.69, 9.17) is 0 Å². The molecule has 1 aliphatic rings. The van der Waals surface area contributed by atoms with Crippen LogP contribution in [0.4, 0.5) is 0 Å². The molecule has 1 aliphatic heterocycles. The fourth-order valence-corrected chi connectivity index (χ4v) is 1.00. The maximum Gasteiger partial charge on any atom is 0.227 e. The predicted molar refractivity (Wildman–Crippen MR) is 34.6 cm³/mol. The maximum absolute atomic E-state index is 10.6. The van der Waals surface area contributed by atoms with Gasteiger partial charge in [0.25, 0.3) is 0 Å². The topological polar surface area (TPSA) is 20.3 Å². The normalized spacial score (nSPS) is 19.5. The van der Waals surface area contributed by atoms with Crippen LogP contribution in [0.15, 0.2) is 0 Å². The summed E-state index contributed by atoms with van der Waals surface area (Å²) in [4.78, 5) is 12.2. The molecule has 0 unspecified atom stereocenters. The molecule has 1 amide bonds. The van der Waals surface area contributed by atoms with Crippen molar-refractivity contribution in [3.63, 3.8) is 0 Å². The Bertz CT molecular complexity index is 124. The van der Waals surface area contributed by atoms with Crippen LogP contribution in [-0.2, 0) is 4.79 Å². The summed E-state index contributed by atoms with van der Waals surface area (Å²) in [7, 11) is 0. The van der Waals surface area contributed by atoms with E-state index in [9.17, 15) is 4.79 Å². The molecule has 0 N–H and O–H groups in total. The highest BCUT2D eigenvalue weighted by molar-refractivity contribution is 7.78. The molecule has 0 radical (unpaired) electrons. The number of rotatable bonds is 1. The molecule has 8 heavy (non-hydrogen) atoms. The van der Waals surface area contributed by atoms with Crippen LogP contribution in [0.2, 0.25) is 0 Å². The van der Waals surface area contributed by atoms with Crippen LogP contribution < -0.4 is 0 Å². The second-order valence-electron chi connectivity index (χ2n) is 1.80. The quantitative estimate of drug-likeness (QED) is 0.482. The van der Waals surface area contributed by atoms with Gasteiger partial charge in [0.1, 0.15) is 0 Å². The first-order valence-electron chi connectivity index (χ1n) is 2.59. The zero-order valence-corrected chi connectivity index (χ0v) is 5.28. The van der Waals surface area contributed by atoms with E-state index in [1.165, 1.54) is 5.49 Å². The average Bonchev–Trinajstić information content (AvgIpc) is 2.14. The van der Waals surface area contributed by atoms with Gasteiger partial charge in [0.05, 0.1) is 5.49 Å². The number of hydrogen-bond donors (Lipinski definition) is 0. The van der Waals surface area contributed by atoms with Gasteiger partial charge in [-0.25, -0.2) is 0 Å². The van der Waals surface area contributed by atoms with Gasteiger partial charge in [0.15, 0.2) is 0 Å². The molecule has 44 valence electrons. The Morgan fingerprint density at radius 3 is 2.75 bits per heavy atom. The molecular weight excluding hydrogens is 122 g/mol. The molecule has 0 aliphatic carbocycles. The van der Waals surface area contributed by atoms with Gasteiger partial charge < -0.3 is 4.90 Å². The minimum atomic E-state index is 0.167. The summed E-state index contributed by atoms with van der Waals surface area (Å²) >= 11 is 4.57. The number of carbonyl (C=O) groups excluding carboxylic acids is 1. The lowest BCUT2D eigenvalue weighted by Crippen LogP contribution is -2.20. The molecule has 1 heterocycles. The molecule has 0 aromatic carbocycles. The van der Waals surface area contributed by atoms with E-state index in [1.54, 1.807) is 4.90 Å². The Morgan fingerprint density at radius 1 is 1.75 bits per heavy atom. The van der Waals surface area contributed by atoms with Crippen molar-refractivity contribution in [3.8, 4) is 0 Å². The Hall–Kier alpha value is -0.440. The van der Waals surface area contributed by atoms with Crippen LogP contribution in [0.1, 0.15) is 12.8 Å². The van der Waals surface area contributed by atoms with Crippen molar-refractivity contribution in [2.75, 3.05) is 6.54 Å². The van der Waals surface area contributed by atoms with E-state index in [-0.39, 0.29) is 5.91 Å². The summed E-state index contributed by atoms with van der Waals surface area (Å²) < 4.78 is 0. The van der Waals surface area contributed by atoms with Crippen molar-refractivity contribution in [1.82, 2.24) is 4.90 Å². The Balaban J connectivity index is 2.54. The first kappa shape index (κ1) is 5.69. The van der Waals surface area contributed by atoms with E-state index < -0.39 is 0 Å². The van der Waals surface area contributed by atoms with Crippen molar-refractivity contribution in [3.05, 3.63) is 0 Å². The van der Waals surface area contributed by atoms with E-state index in [0.29, 0.717) is 6.42 Å². The van der Waals surface area contributed by atoms with Gasteiger partial charge >= 0.3 is 0 Å². The third kappa shape index (κ3) is 0.865.